The summed E-state index contributed by atoms with van der Waals surface area (Å²) in [4.78, 5) is 47.0. The number of carbonyl (C=O) groups is 3. The number of nitrogens with zero attached hydrogens (tertiary/aromatic N) is 3. The van der Waals surface area contributed by atoms with Gasteiger partial charge in [-0.25, -0.2) is 9.97 Å². The van der Waals surface area contributed by atoms with Crippen molar-refractivity contribution >= 4 is 35.2 Å². The summed E-state index contributed by atoms with van der Waals surface area (Å²) in [6.45, 7) is 6.44. The van der Waals surface area contributed by atoms with E-state index in [1.807, 2.05) is 0 Å². The van der Waals surface area contributed by atoms with Gasteiger partial charge in [0.05, 0.1) is 19.3 Å². The lowest BCUT2D eigenvalue weighted by Crippen LogP contribution is -2.48. The summed E-state index contributed by atoms with van der Waals surface area (Å²) in [6.07, 6.45) is -1.83. The fourth-order valence-corrected chi connectivity index (χ4v) is 4.04. The van der Waals surface area contributed by atoms with Gasteiger partial charge in [-0.3, -0.25) is 14.4 Å². The number of hydrogen-bond donors (Lipinski definition) is 2. The third kappa shape index (κ3) is 5.40. The quantitative estimate of drug-likeness (QED) is 0.374. The van der Waals surface area contributed by atoms with Gasteiger partial charge >= 0.3 is 17.9 Å². The molecule has 0 aliphatic carbocycles. The van der Waals surface area contributed by atoms with Gasteiger partial charge in [-0.15, -0.1) is 0 Å². The van der Waals surface area contributed by atoms with E-state index >= 15 is 0 Å². The largest absolute Gasteiger partial charge is 0.453 e. The molecule has 1 aromatic rings. The Morgan fingerprint density at radius 2 is 1.74 bits per heavy atom. The topological polar surface area (TPSA) is 150 Å². The van der Waals surface area contributed by atoms with E-state index in [1.54, 1.807) is 25.7 Å². The minimum atomic E-state index is -1.25. The molecule has 1 aromatic heterocycles. The maximum atomic E-state index is 12.3. The molecule has 2 fully saturated rings. The number of rotatable bonds is 9. The molecule has 0 spiro atoms. The molecule has 3 aliphatic heterocycles. The van der Waals surface area contributed by atoms with Crippen molar-refractivity contribution in [3.8, 4) is 0 Å². The monoisotopic (exact) mass is 493 g/mol. The van der Waals surface area contributed by atoms with Crippen LogP contribution in [0.15, 0.2) is 6.33 Å². The molecule has 0 radical (unpaired) electrons. The van der Waals surface area contributed by atoms with Gasteiger partial charge in [0.25, 0.3) is 0 Å². The van der Waals surface area contributed by atoms with Crippen molar-refractivity contribution in [1.29, 1.82) is 0 Å². The molecule has 2 saturated heterocycles. The van der Waals surface area contributed by atoms with Crippen LogP contribution in [0.25, 0.3) is 0 Å². The molecule has 3 aliphatic rings. The van der Waals surface area contributed by atoms with Crippen molar-refractivity contribution < 1.29 is 38.1 Å². The highest BCUT2D eigenvalue weighted by Crippen LogP contribution is 2.40. The molecule has 4 heterocycles. The van der Waals surface area contributed by atoms with E-state index in [-0.39, 0.29) is 32.0 Å². The maximum Gasteiger partial charge on any atom is 0.307 e. The fraction of sp³-hybridized carbons (Fsp3) is 0.682. The third-order valence-corrected chi connectivity index (χ3v) is 5.90. The molecule has 0 bridgehead atoms. The van der Waals surface area contributed by atoms with E-state index in [2.05, 4.69) is 20.6 Å². The molecule has 35 heavy (non-hydrogen) atoms. The van der Waals surface area contributed by atoms with Gasteiger partial charge in [-0.2, -0.15) is 0 Å². The van der Waals surface area contributed by atoms with Crippen LogP contribution in [0.2, 0.25) is 0 Å². The van der Waals surface area contributed by atoms with Crippen LogP contribution in [0.5, 0.6) is 0 Å². The Labute approximate surface area is 202 Å². The second kappa shape index (κ2) is 11.0. The van der Waals surface area contributed by atoms with Crippen molar-refractivity contribution in [2.24, 2.45) is 0 Å². The lowest BCUT2D eigenvalue weighted by Gasteiger charge is -2.29. The average Bonchev–Trinajstić information content (AvgIpc) is 3.60. The molecule has 2 N–H and O–H groups in total. The lowest BCUT2D eigenvalue weighted by molar-refractivity contribution is -0.197. The molecule has 0 saturated carbocycles. The second-order valence-electron chi connectivity index (χ2n) is 8.28. The molecule has 192 valence electrons. The molecule has 5 atom stereocenters. The third-order valence-electron chi connectivity index (χ3n) is 5.90. The Balaban J connectivity index is 1.63. The molecule has 13 heteroatoms. The summed E-state index contributed by atoms with van der Waals surface area (Å²) in [5, 5.41) is 6.61. The Hall–Kier alpha value is -3.19. The number of esters is 3. The summed E-state index contributed by atoms with van der Waals surface area (Å²) >= 11 is 0. The number of hydrogen-bond acceptors (Lipinski definition) is 13. The van der Waals surface area contributed by atoms with E-state index in [0.29, 0.717) is 30.5 Å². The van der Waals surface area contributed by atoms with Crippen LogP contribution < -0.4 is 15.5 Å². The van der Waals surface area contributed by atoms with Gasteiger partial charge in [-0.05, 0) is 6.42 Å². The van der Waals surface area contributed by atoms with E-state index in [4.69, 9.17) is 23.7 Å². The first-order chi connectivity index (χ1) is 16.9. The Kier molecular flexibility index (Phi) is 7.86. The predicted molar refractivity (Wildman–Crippen MR) is 121 cm³/mol. The van der Waals surface area contributed by atoms with Crippen molar-refractivity contribution in [2.75, 3.05) is 35.4 Å². The van der Waals surface area contributed by atoms with E-state index in [9.17, 15) is 14.4 Å². The molecule has 4 rings (SSSR count). The smallest absolute Gasteiger partial charge is 0.307 e. The molecule has 0 aromatic carbocycles. The minimum absolute atomic E-state index is 0.0886. The normalized spacial score (nSPS) is 27.2. The number of nitrogens with one attached hydrogen (secondary N) is 2. The summed E-state index contributed by atoms with van der Waals surface area (Å²) in [6, 6.07) is 0.126. The van der Waals surface area contributed by atoms with Crippen LogP contribution >= 0.6 is 0 Å². The van der Waals surface area contributed by atoms with Crippen LogP contribution in [0.1, 0.15) is 46.5 Å². The summed E-state index contributed by atoms with van der Waals surface area (Å²) in [5.41, 5.74) is 0.652. The van der Waals surface area contributed by atoms with Gasteiger partial charge in [0.2, 0.25) is 12.4 Å². The zero-order valence-electron chi connectivity index (χ0n) is 20.0. The lowest BCUT2D eigenvalue weighted by atomic mass is 10.2. The fourth-order valence-electron chi connectivity index (χ4n) is 4.04. The average molecular weight is 494 g/mol. The standard InChI is InChI=1S/C22H31N5O8/c1-4-13(28)32-17-18(33-14(29)5-2)22(34-15(30)6-3)35-21(17)27-11-25-16-19(23-10-24-20(16)27)26-12-7-8-31-9-12/h10,12,17-18,21-22,25H,4-9,11H2,1-3H3,(H,23,24,26)/t12-,17-,18+,21?,22+/m1/s1. The van der Waals surface area contributed by atoms with Crippen LogP contribution in [-0.4, -0.2) is 78.5 Å². The maximum absolute atomic E-state index is 12.3. The van der Waals surface area contributed by atoms with Crippen molar-refractivity contribution in [2.45, 2.75) is 77.2 Å². The number of fused-ring (bicyclic) bond motifs is 1. The van der Waals surface area contributed by atoms with Gasteiger partial charge in [0.15, 0.2) is 24.0 Å². The van der Waals surface area contributed by atoms with Gasteiger partial charge in [-0.1, -0.05) is 20.8 Å². The molecule has 1 unspecified atom stereocenters. The first-order valence-corrected chi connectivity index (χ1v) is 11.9. The molecule has 0 amide bonds. The zero-order chi connectivity index (χ0) is 24.9. The summed E-state index contributed by atoms with van der Waals surface area (Å²) < 4.78 is 28.1. The predicted octanol–water partition coefficient (Wildman–Crippen LogP) is 1.15. The number of ether oxygens (including phenoxy) is 5. The second-order valence-corrected chi connectivity index (χ2v) is 8.28. The zero-order valence-corrected chi connectivity index (χ0v) is 20.0. The molecular formula is C22H31N5O8. The minimum Gasteiger partial charge on any atom is -0.453 e. The van der Waals surface area contributed by atoms with Crippen molar-refractivity contribution in [3.63, 3.8) is 0 Å². The van der Waals surface area contributed by atoms with Gasteiger partial charge < -0.3 is 39.2 Å². The first-order valence-electron chi connectivity index (χ1n) is 11.9. The van der Waals surface area contributed by atoms with E-state index < -0.39 is 42.6 Å². The Morgan fingerprint density at radius 1 is 1.06 bits per heavy atom. The Morgan fingerprint density at radius 3 is 2.40 bits per heavy atom. The highest BCUT2D eigenvalue weighted by molar-refractivity contribution is 5.81. The van der Waals surface area contributed by atoms with Crippen LogP contribution in [0.3, 0.4) is 0 Å². The number of carbonyl (C=O) groups excluding carboxylic acids is 3. The van der Waals surface area contributed by atoms with E-state index in [1.165, 1.54) is 6.33 Å². The summed E-state index contributed by atoms with van der Waals surface area (Å²) in [5.74, 6) is -0.478. The summed E-state index contributed by atoms with van der Waals surface area (Å²) in [7, 11) is 0. The molecular weight excluding hydrogens is 462 g/mol. The number of anilines is 3. The van der Waals surface area contributed by atoms with Crippen LogP contribution in [0.4, 0.5) is 17.3 Å². The van der Waals surface area contributed by atoms with Crippen LogP contribution in [-0.2, 0) is 38.1 Å². The van der Waals surface area contributed by atoms with Crippen LogP contribution in [0, 0.1) is 0 Å². The highest BCUT2D eigenvalue weighted by Gasteiger charge is 2.55. The Bertz CT molecular complexity index is 940. The molecule has 13 nitrogen and oxygen atoms in total. The highest BCUT2D eigenvalue weighted by atomic mass is 16.8. The SMILES string of the molecule is CCC(=O)O[C@H]1OC(N2CNc3c(N[C@@H]4CCOC4)ncnc32)[C@H](OC(=O)CC)[C@@H]1OC(=O)CC. The number of aromatic nitrogens is 2. The van der Waals surface area contributed by atoms with E-state index in [0.717, 1.165) is 6.42 Å². The van der Waals surface area contributed by atoms with Crippen molar-refractivity contribution in [1.82, 2.24) is 9.97 Å². The first kappa shape index (κ1) is 24.9. The van der Waals surface area contributed by atoms with Crippen molar-refractivity contribution in [3.05, 3.63) is 6.33 Å². The van der Waals surface area contributed by atoms with Gasteiger partial charge in [0, 0.05) is 25.9 Å². The van der Waals surface area contributed by atoms with Gasteiger partial charge in [0.1, 0.15) is 12.0 Å².